The van der Waals surface area contributed by atoms with Crippen molar-refractivity contribution in [3.63, 3.8) is 0 Å². The van der Waals surface area contributed by atoms with Crippen LogP contribution in [0.3, 0.4) is 0 Å². The highest BCUT2D eigenvalue weighted by molar-refractivity contribution is 6.45. The number of halogens is 2. The smallest absolute Gasteiger partial charge is 0.141 e. The van der Waals surface area contributed by atoms with Crippen molar-refractivity contribution in [3.8, 4) is 0 Å². The lowest BCUT2D eigenvalue weighted by Crippen LogP contribution is -2.15. The van der Waals surface area contributed by atoms with Gasteiger partial charge < -0.3 is 0 Å². The van der Waals surface area contributed by atoms with E-state index < -0.39 is 0 Å². The van der Waals surface area contributed by atoms with Crippen LogP contribution in [0.25, 0.3) is 16.6 Å². The summed E-state index contributed by atoms with van der Waals surface area (Å²) in [5, 5.41) is 9.53. The molecule has 3 rings (SSSR count). The van der Waals surface area contributed by atoms with Gasteiger partial charge in [0, 0.05) is 6.20 Å². The molecule has 0 atom stereocenters. The summed E-state index contributed by atoms with van der Waals surface area (Å²) >= 11 is 12.1. The van der Waals surface area contributed by atoms with Crippen LogP contribution in [0.15, 0.2) is 36.5 Å². The average Bonchev–Trinajstić information content (AvgIpc) is 2.34. The highest BCUT2D eigenvalue weighted by atomic mass is 35.5. The van der Waals surface area contributed by atoms with Gasteiger partial charge in [-0.2, -0.15) is 0 Å². The molecule has 0 aliphatic rings. The Kier molecular flexibility index (Phi) is 2.31. The minimum absolute atomic E-state index is 0.290. The molecule has 84 valence electrons. The lowest BCUT2D eigenvalue weighted by atomic mass is 10.2. The number of nitrogens with zero attached hydrogens (tertiary/aromatic N) is 2. The van der Waals surface area contributed by atoms with E-state index in [0.29, 0.717) is 26.6 Å². The number of hydrogen-bond acceptors (Lipinski definition) is 2. The summed E-state index contributed by atoms with van der Waals surface area (Å²) in [6.07, 6.45) is 1.78. The van der Waals surface area contributed by atoms with Crippen molar-refractivity contribution in [2.24, 2.45) is 0 Å². The third-order valence-corrected chi connectivity index (χ3v) is 3.43. The van der Waals surface area contributed by atoms with E-state index in [4.69, 9.17) is 28.6 Å². The zero-order valence-electron chi connectivity index (χ0n) is 8.61. The second-order valence-electron chi connectivity index (χ2n) is 3.64. The molecular formula is C12H7Cl2N3. The maximum Gasteiger partial charge on any atom is 0.141 e. The van der Waals surface area contributed by atoms with Crippen LogP contribution >= 0.6 is 23.2 Å². The monoisotopic (exact) mass is 263 g/mol. The molecule has 17 heavy (non-hydrogen) atoms. The maximum absolute atomic E-state index is 8.15. The number of rotatable bonds is 0. The molecule has 2 aromatic heterocycles. The molecule has 0 aliphatic carbocycles. The molecule has 5 heteroatoms. The van der Waals surface area contributed by atoms with Crippen LogP contribution in [-0.2, 0) is 0 Å². The molecule has 0 radical (unpaired) electrons. The Balaban J connectivity index is 2.66. The minimum Gasteiger partial charge on any atom is -0.286 e. The third kappa shape index (κ3) is 1.51. The Morgan fingerprint density at radius 3 is 2.76 bits per heavy atom. The Morgan fingerprint density at radius 2 is 1.94 bits per heavy atom. The van der Waals surface area contributed by atoms with Crippen molar-refractivity contribution in [1.29, 1.82) is 5.41 Å². The van der Waals surface area contributed by atoms with E-state index in [1.165, 1.54) is 0 Å². The lowest BCUT2D eigenvalue weighted by molar-refractivity contribution is 1.00. The number of nitrogens with one attached hydrogen (secondary N) is 1. The molecule has 0 bridgehead atoms. The molecule has 2 heterocycles. The Labute approximate surface area is 107 Å². The van der Waals surface area contributed by atoms with Gasteiger partial charge in [0.25, 0.3) is 0 Å². The van der Waals surface area contributed by atoms with Crippen LogP contribution in [0, 0.1) is 5.41 Å². The highest BCUT2D eigenvalue weighted by Crippen LogP contribution is 2.27. The zero-order chi connectivity index (χ0) is 12.0. The minimum atomic E-state index is 0.290. The largest absolute Gasteiger partial charge is 0.286 e. The molecule has 0 unspecified atom stereocenters. The van der Waals surface area contributed by atoms with Crippen molar-refractivity contribution in [1.82, 2.24) is 9.38 Å². The van der Waals surface area contributed by atoms with E-state index in [9.17, 15) is 0 Å². The second-order valence-corrected chi connectivity index (χ2v) is 4.43. The summed E-state index contributed by atoms with van der Waals surface area (Å²) in [6.45, 7) is 0. The van der Waals surface area contributed by atoms with Gasteiger partial charge in [0.15, 0.2) is 0 Å². The van der Waals surface area contributed by atoms with Crippen LogP contribution in [0.2, 0.25) is 10.0 Å². The second kappa shape index (κ2) is 3.72. The Hall–Kier alpha value is -1.58. The summed E-state index contributed by atoms with van der Waals surface area (Å²) in [7, 11) is 0. The number of benzene rings is 1. The van der Waals surface area contributed by atoms with E-state index in [-0.39, 0.29) is 5.49 Å². The average molecular weight is 264 g/mol. The van der Waals surface area contributed by atoms with Crippen LogP contribution in [0.1, 0.15) is 0 Å². The van der Waals surface area contributed by atoms with Gasteiger partial charge in [0.1, 0.15) is 11.1 Å². The summed E-state index contributed by atoms with van der Waals surface area (Å²) < 4.78 is 1.67. The SMILES string of the molecule is N=c1c2c(Cl)c(Cl)ccc2nc2ccccn12. The van der Waals surface area contributed by atoms with Gasteiger partial charge in [0.2, 0.25) is 0 Å². The van der Waals surface area contributed by atoms with Gasteiger partial charge in [-0.05, 0) is 24.3 Å². The molecule has 0 spiro atoms. The molecule has 1 aromatic carbocycles. The van der Waals surface area contributed by atoms with E-state index in [1.54, 1.807) is 22.7 Å². The van der Waals surface area contributed by atoms with Crippen molar-refractivity contribution < 1.29 is 0 Å². The molecule has 3 nitrogen and oxygen atoms in total. The van der Waals surface area contributed by atoms with Crippen molar-refractivity contribution in [2.75, 3.05) is 0 Å². The predicted molar refractivity (Wildman–Crippen MR) is 68.6 cm³/mol. The van der Waals surface area contributed by atoms with Crippen LogP contribution in [-0.4, -0.2) is 9.38 Å². The van der Waals surface area contributed by atoms with Gasteiger partial charge in [-0.1, -0.05) is 29.3 Å². The number of hydrogen-bond donors (Lipinski definition) is 1. The third-order valence-electron chi connectivity index (χ3n) is 2.62. The van der Waals surface area contributed by atoms with Gasteiger partial charge in [-0.3, -0.25) is 9.81 Å². The summed E-state index contributed by atoms with van der Waals surface area (Å²) in [6, 6.07) is 9.04. The van der Waals surface area contributed by atoms with E-state index >= 15 is 0 Å². The highest BCUT2D eigenvalue weighted by Gasteiger charge is 2.08. The lowest BCUT2D eigenvalue weighted by Gasteiger charge is -2.06. The predicted octanol–water partition coefficient (Wildman–Crippen LogP) is 3.27. The fourth-order valence-electron chi connectivity index (χ4n) is 1.82. The fourth-order valence-corrected chi connectivity index (χ4v) is 2.22. The molecule has 1 N–H and O–H groups in total. The van der Waals surface area contributed by atoms with E-state index in [0.717, 1.165) is 0 Å². The maximum atomic E-state index is 8.15. The normalized spacial score (nSPS) is 11.2. The Morgan fingerprint density at radius 1 is 1.12 bits per heavy atom. The molecule has 3 aromatic rings. The fraction of sp³-hybridized carbons (Fsp3) is 0. The van der Waals surface area contributed by atoms with Gasteiger partial charge in [-0.25, -0.2) is 4.98 Å². The van der Waals surface area contributed by atoms with Crippen LogP contribution < -0.4 is 5.49 Å². The first-order chi connectivity index (χ1) is 8.18. The van der Waals surface area contributed by atoms with Crippen molar-refractivity contribution in [3.05, 3.63) is 52.1 Å². The van der Waals surface area contributed by atoms with E-state index in [2.05, 4.69) is 4.98 Å². The molecule has 0 aliphatic heterocycles. The Bertz CT molecular complexity index is 793. The van der Waals surface area contributed by atoms with Crippen molar-refractivity contribution in [2.45, 2.75) is 0 Å². The first kappa shape index (κ1) is 10.6. The summed E-state index contributed by atoms with van der Waals surface area (Å²) in [5.41, 5.74) is 1.68. The molecule has 0 saturated heterocycles. The first-order valence-corrected chi connectivity index (χ1v) is 5.74. The van der Waals surface area contributed by atoms with Crippen molar-refractivity contribution >= 4 is 39.8 Å². The topological polar surface area (TPSA) is 41.2 Å². The quantitative estimate of drug-likeness (QED) is 0.622. The zero-order valence-corrected chi connectivity index (χ0v) is 10.1. The number of pyridine rings is 1. The first-order valence-electron chi connectivity index (χ1n) is 4.98. The molecular weight excluding hydrogens is 257 g/mol. The van der Waals surface area contributed by atoms with Gasteiger partial charge in [-0.15, -0.1) is 0 Å². The van der Waals surface area contributed by atoms with Crippen LogP contribution in [0.5, 0.6) is 0 Å². The van der Waals surface area contributed by atoms with E-state index in [1.807, 2.05) is 18.2 Å². The number of fused-ring (bicyclic) bond motifs is 2. The summed E-state index contributed by atoms with van der Waals surface area (Å²) in [5.74, 6) is 0. The van der Waals surface area contributed by atoms with Gasteiger partial charge >= 0.3 is 0 Å². The molecule has 0 saturated carbocycles. The standard InChI is InChI=1S/C12H7Cl2N3/c13-7-4-5-8-10(11(7)14)12(15)17-6-2-1-3-9(17)16-8/h1-6,15H. The molecule has 0 fully saturated rings. The molecule has 0 amide bonds. The van der Waals surface area contributed by atoms with Crippen LogP contribution in [0.4, 0.5) is 0 Å². The number of aromatic nitrogens is 2. The summed E-state index contributed by atoms with van der Waals surface area (Å²) in [4.78, 5) is 4.44. The van der Waals surface area contributed by atoms with Gasteiger partial charge in [0.05, 0.1) is 20.9 Å².